The third-order valence-electron chi connectivity index (χ3n) is 5.89. The van der Waals surface area contributed by atoms with Gasteiger partial charge in [0.15, 0.2) is 11.4 Å². The highest BCUT2D eigenvalue weighted by Crippen LogP contribution is 2.43. The SMILES string of the molecule is Cc1cccnc1C1(C)CCCC2N(CC(F)(F)F)C(=O)c3c(O)c(=O)ccn3N21. The quantitative estimate of drug-likeness (QED) is 0.805. The molecule has 10 heteroatoms. The van der Waals surface area contributed by atoms with Crippen LogP contribution in [0.15, 0.2) is 35.4 Å². The number of hydrogen-bond donors (Lipinski definition) is 1. The molecule has 1 saturated heterocycles. The molecule has 0 aliphatic carbocycles. The fourth-order valence-electron chi connectivity index (χ4n) is 4.68. The number of aromatic hydroxyl groups is 1. The zero-order valence-electron chi connectivity index (χ0n) is 16.5. The van der Waals surface area contributed by atoms with Crippen LogP contribution < -0.4 is 10.4 Å². The Morgan fingerprint density at radius 3 is 2.70 bits per heavy atom. The van der Waals surface area contributed by atoms with Crippen molar-refractivity contribution in [3.63, 3.8) is 0 Å². The van der Waals surface area contributed by atoms with E-state index in [4.69, 9.17) is 0 Å². The van der Waals surface area contributed by atoms with Gasteiger partial charge in [-0.3, -0.25) is 24.3 Å². The Labute approximate surface area is 170 Å². The van der Waals surface area contributed by atoms with Gasteiger partial charge < -0.3 is 10.0 Å². The predicted octanol–water partition coefficient (Wildman–Crippen LogP) is 2.64. The molecule has 1 amide bonds. The van der Waals surface area contributed by atoms with Crippen molar-refractivity contribution in [1.82, 2.24) is 14.6 Å². The molecule has 2 aromatic rings. The Balaban J connectivity index is 1.98. The fraction of sp³-hybridized carbons (Fsp3) is 0.450. The van der Waals surface area contributed by atoms with Gasteiger partial charge in [-0.15, -0.1) is 0 Å². The number of pyridine rings is 2. The lowest BCUT2D eigenvalue weighted by molar-refractivity contribution is -0.148. The zero-order valence-corrected chi connectivity index (χ0v) is 16.5. The average molecular weight is 422 g/mol. The second-order valence-corrected chi connectivity index (χ2v) is 7.93. The van der Waals surface area contributed by atoms with Gasteiger partial charge in [-0.2, -0.15) is 13.2 Å². The van der Waals surface area contributed by atoms with E-state index in [2.05, 4.69) is 4.98 Å². The van der Waals surface area contributed by atoms with E-state index in [-0.39, 0.29) is 0 Å². The monoisotopic (exact) mass is 422 g/mol. The van der Waals surface area contributed by atoms with Crippen LogP contribution in [0.3, 0.4) is 0 Å². The van der Waals surface area contributed by atoms with E-state index < -0.39 is 47.2 Å². The van der Waals surface area contributed by atoms with Crippen LogP contribution in [0.2, 0.25) is 0 Å². The summed E-state index contributed by atoms with van der Waals surface area (Å²) in [5, 5.41) is 12.0. The van der Waals surface area contributed by atoms with Crippen LogP contribution in [0, 0.1) is 6.92 Å². The van der Waals surface area contributed by atoms with E-state index >= 15 is 0 Å². The summed E-state index contributed by atoms with van der Waals surface area (Å²) >= 11 is 0. The Kier molecular flexibility index (Phi) is 4.55. The minimum absolute atomic E-state index is 0.315. The Hall–Kier alpha value is -3.04. The third-order valence-corrected chi connectivity index (χ3v) is 5.89. The molecule has 0 spiro atoms. The van der Waals surface area contributed by atoms with Crippen LogP contribution in [0.1, 0.15) is 47.9 Å². The van der Waals surface area contributed by atoms with E-state index in [0.29, 0.717) is 29.9 Å². The van der Waals surface area contributed by atoms with Gasteiger partial charge >= 0.3 is 6.18 Å². The van der Waals surface area contributed by atoms with Gasteiger partial charge in [0.25, 0.3) is 5.91 Å². The van der Waals surface area contributed by atoms with Crippen molar-refractivity contribution in [2.75, 3.05) is 11.6 Å². The first-order chi connectivity index (χ1) is 14.0. The average Bonchev–Trinajstić information content (AvgIpc) is 2.67. The summed E-state index contributed by atoms with van der Waals surface area (Å²) in [6.45, 7) is 2.24. The maximum Gasteiger partial charge on any atom is 0.406 e. The number of carbonyl (C=O) groups is 1. The number of hydrogen-bond acceptors (Lipinski definition) is 5. The standard InChI is InChI=1S/C20H21F3N4O3/c1-12-5-4-9-24-17(12)19(2)8-3-6-14-25(11-20(21,22)23)18(30)15-16(29)13(28)7-10-26(15)27(14)19/h4-5,7,9-10,14,29H,3,6,8,11H2,1-2H3. The highest BCUT2D eigenvalue weighted by molar-refractivity contribution is 5.96. The van der Waals surface area contributed by atoms with E-state index in [1.165, 1.54) is 10.9 Å². The zero-order chi connectivity index (χ0) is 21.8. The van der Waals surface area contributed by atoms with Gasteiger partial charge in [0, 0.05) is 18.5 Å². The summed E-state index contributed by atoms with van der Waals surface area (Å²) in [6, 6.07) is 4.74. The smallest absolute Gasteiger partial charge is 0.406 e. The van der Waals surface area contributed by atoms with Crippen LogP contribution >= 0.6 is 0 Å². The number of aryl methyl sites for hydroxylation is 1. The molecule has 2 aromatic heterocycles. The molecule has 2 unspecified atom stereocenters. The Bertz CT molecular complexity index is 1070. The van der Waals surface area contributed by atoms with Crippen LogP contribution in [-0.2, 0) is 5.54 Å². The molecule has 7 nitrogen and oxygen atoms in total. The van der Waals surface area contributed by atoms with Crippen LogP contribution in [0.25, 0.3) is 0 Å². The molecule has 2 atom stereocenters. The molecule has 30 heavy (non-hydrogen) atoms. The molecule has 1 fully saturated rings. The van der Waals surface area contributed by atoms with Crippen LogP contribution in [0.5, 0.6) is 5.75 Å². The summed E-state index contributed by atoms with van der Waals surface area (Å²) in [4.78, 5) is 30.2. The van der Waals surface area contributed by atoms with E-state index in [1.807, 2.05) is 19.9 Å². The lowest BCUT2D eigenvalue weighted by Gasteiger charge is -2.57. The molecule has 4 rings (SSSR count). The normalized spacial score (nSPS) is 23.9. The number of carbonyl (C=O) groups excluding carboxylic acids is 1. The molecule has 0 bridgehead atoms. The molecule has 4 heterocycles. The van der Waals surface area contributed by atoms with Gasteiger partial charge in [-0.25, -0.2) is 0 Å². The number of alkyl halides is 3. The lowest BCUT2D eigenvalue weighted by Crippen LogP contribution is -2.70. The maximum absolute atomic E-state index is 13.4. The van der Waals surface area contributed by atoms with Crippen molar-refractivity contribution in [3.05, 3.63) is 57.8 Å². The number of fused-ring (bicyclic) bond motifs is 3. The number of piperidine rings is 1. The van der Waals surface area contributed by atoms with Gasteiger partial charge in [0.1, 0.15) is 12.7 Å². The van der Waals surface area contributed by atoms with Crippen LogP contribution in [0.4, 0.5) is 13.2 Å². The molecular formula is C20H21F3N4O3. The molecule has 2 aliphatic rings. The van der Waals surface area contributed by atoms with Crippen LogP contribution in [-0.4, -0.2) is 44.5 Å². The van der Waals surface area contributed by atoms with Crippen molar-refractivity contribution in [1.29, 1.82) is 0 Å². The van der Waals surface area contributed by atoms with E-state index in [1.54, 1.807) is 17.3 Å². The predicted molar refractivity (Wildman–Crippen MR) is 102 cm³/mol. The van der Waals surface area contributed by atoms with Crippen molar-refractivity contribution < 1.29 is 23.1 Å². The van der Waals surface area contributed by atoms with Crippen molar-refractivity contribution in [2.24, 2.45) is 0 Å². The first-order valence-corrected chi connectivity index (χ1v) is 9.58. The minimum atomic E-state index is -4.64. The summed E-state index contributed by atoms with van der Waals surface area (Å²) in [5.41, 5.74) is -0.640. The van der Waals surface area contributed by atoms with E-state index in [9.17, 15) is 27.9 Å². The van der Waals surface area contributed by atoms with Gasteiger partial charge in [0.05, 0.1) is 11.2 Å². The van der Waals surface area contributed by atoms with Crippen molar-refractivity contribution in [2.45, 2.75) is 51.0 Å². The van der Waals surface area contributed by atoms with Crippen molar-refractivity contribution in [3.8, 4) is 5.75 Å². The second kappa shape index (κ2) is 6.75. The van der Waals surface area contributed by atoms with Crippen molar-refractivity contribution >= 4 is 5.91 Å². The summed E-state index contributed by atoms with van der Waals surface area (Å²) in [5.74, 6) is -1.88. The van der Waals surface area contributed by atoms with Gasteiger partial charge in [-0.05, 0) is 44.7 Å². The minimum Gasteiger partial charge on any atom is -0.502 e. The van der Waals surface area contributed by atoms with Gasteiger partial charge in [-0.1, -0.05) is 6.07 Å². The molecule has 1 N–H and O–H groups in total. The van der Waals surface area contributed by atoms with Gasteiger partial charge in [0.2, 0.25) is 5.43 Å². The number of nitrogens with zero attached hydrogens (tertiary/aromatic N) is 4. The first kappa shape index (κ1) is 20.2. The maximum atomic E-state index is 13.4. The summed E-state index contributed by atoms with van der Waals surface area (Å²) in [7, 11) is 0. The molecule has 0 aromatic carbocycles. The number of aromatic nitrogens is 2. The molecule has 160 valence electrons. The molecular weight excluding hydrogens is 401 g/mol. The number of rotatable bonds is 2. The highest BCUT2D eigenvalue weighted by Gasteiger charge is 2.52. The third kappa shape index (κ3) is 3.01. The summed E-state index contributed by atoms with van der Waals surface area (Å²) in [6.07, 6.45) is -1.14. The first-order valence-electron chi connectivity index (χ1n) is 9.58. The molecule has 0 radical (unpaired) electrons. The topological polar surface area (TPSA) is 78.7 Å². The Morgan fingerprint density at radius 2 is 2.03 bits per heavy atom. The largest absolute Gasteiger partial charge is 0.502 e. The fourth-order valence-corrected chi connectivity index (χ4v) is 4.68. The highest BCUT2D eigenvalue weighted by atomic mass is 19.4. The second-order valence-electron chi connectivity index (χ2n) is 7.93. The molecule has 2 aliphatic heterocycles. The number of halogens is 3. The Morgan fingerprint density at radius 1 is 1.30 bits per heavy atom. The summed E-state index contributed by atoms with van der Waals surface area (Å²) < 4.78 is 41.4. The van der Waals surface area contributed by atoms with E-state index in [0.717, 1.165) is 11.6 Å². The molecule has 0 saturated carbocycles. The number of amides is 1. The lowest BCUT2D eigenvalue weighted by atomic mass is 9.82.